The maximum Gasteiger partial charge on any atom is 0.0446 e. The van der Waals surface area contributed by atoms with E-state index in [2.05, 4.69) is 118 Å². The molecule has 0 saturated heterocycles. The van der Waals surface area contributed by atoms with E-state index >= 15 is 0 Å². The Balaban J connectivity index is 1.60. The number of benzene rings is 1. The highest BCUT2D eigenvalue weighted by Gasteiger charge is 2.23. The topological polar surface area (TPSA) is 24.1 Å². The summed E-state index contributed by atoms with van der Waals surface area (Å²) in [5, 5.41) is 7.54. The molecular formula is C31H42N2. The lowest BCUT2D eigenvalue weighted by Crippen LogP contribution is -2.48. The Morgan fingerprint density at radius 3 is 2.45 bits per heavy atom. The van der Waals surface area contributed by atoms with Crippen molar-refractivity contribution in [3.63, 3.8) is 0 Å². The summed E-state index contributed by atoms with van der Waals surface area (Å²) in [5.74, 6) is 1.67. The van der Waals surface area contributed by atoms with E-state index < -0.39 is 0 Å². The molecule has 33 heavy (non-hydrogen) atoms. The normalized spacial score (nSPS) is 23.4. The van der Waals surface area contributed by atoms with Gasteiger partial charge < -0.3 is 10.6 Å². The second-order valence-corrected chi connectivity index (χ2v) is 9.98. The minimum Gasteiger partial charge on any atom is -0.386 e. The van der Waals surface area contributed by atoms with Crippen LogP contribution in [0, 0.1) is 17.8 Å². The third-order valence-electron chi connectivity index (χ3n) is 6.66. The number of hydrogen-bond acceptors (Lipinski definition) is 2. The summed E-state index contributed by atoms with van der Waals surface area (Å²) in [6.07, 6.45) is 23.7. The summed E-state index contributed by atoms with van der Waals surface area (Å²) in [7, 11) is 0. The number of rotatable bonds is 10. The van der Waals surface area contributed by atoms with Gasteiger partial charge in [0.2, 0.25) is 0 Å². The molecular weight excluding hydrogens is 400 g/mol. The van der Waals surface area contributed by atoms with Gasteiger partial charge in [-0.1, -0.05) is 92.8 Å². The van der Waals surface area contributed by atoms with Gasteiger partial charge >= 0.3 is 0 Å². The largest absolute Gasteiger partial charge is 0.386 e. The van der Waals surface area contributed by atoms with Crippen molar-refractivity contribution in [2.24, 2.45) is 17.8 Å². The molecule has 0 amide bonds. The minimum atomic E-state index is 0.402. The molecule has 0 spiro atoms. The molecule has 3 rings (SSSR count). The summed E-state index contributed by atoms with van der Waals surface area (Å²) in [6, 6.07) is 9.20. The fraction of sp³-hybridized carbons (Fsp3) is 0.419. The zero-order chi connectivity index (χ0) is 23.6. The van der Waals surface area contributed by atoms with Crippen LogP contribution in [0.4, 0.5) is 0 Å². The van der Waals surface area contributed by atoms with Gasteiger partial charge in [-0.2, -0.15) is 0 Å². The summed E-state index contributed by atoms with van der Waals surface area (Å²) >= 11 is 0. The van der Waals surface area contributed by atoms with Crippen LogP contribution in [0.1, 0.15) is 58.1 Å². The molecule has 2 N–H and O–H groups in total. The average molecular weight is 443 g/mol. The van der Waals surface area contributed by atoms with Crippen LogP contribution in [-0.4, -0.2) is 18.6 Å². The van der Waals surface area contributed by atoms with E-state index in [1.54, 1.807) is 0 Å². The molecule has 0 bridgehead atoms. The molecule has 4 atom stereocenters. The van der Waals surface area contributed by atoms with Gasteiger partial charge in [0.15, 0.2) is 0 Å². The van der Waals surface area contributed by atoms with Gasteiger partial charge in [0, 0.05) is 24.5 Å². The van der Waals surface area contributed by atoms with Crippen LogP contribution in [0.2, 0.25) is 0 Å². The van der Waals surface area contributed by atoms with Crippen LogP contribution >= 0.6 is 0 Å². The molecule has 0 saturated carbocycles. The van der Waals surface area contributed by atoms with Crippen molar-refractivity contribution in [1.29, 1.82) is 0 Å². The average Bonchev–Trinajstić information content (AvgIpc) is 2.82. The minimum absolute atomic E-state index is 0.402. The van der Waals surface area contributed by atoms with Crippen LogP contribution in [0.25, 0.3) is 12.2 Å². The Morgan fingerprint density at radius 2 is 1.76 bits per heavy atom. The van der Waals surface area contributed by atoms with Crippen molar-refractivity contribution >= 4 is 12.2 Å². The van der Waals surface area contributed by atoms with E-state index in [4.69, 9.17) is 0 Å². The molecule has 2 heteroatoms. The fourth-order valence-electron chi connectivity index (χ4n) is 4.81. The van der Waals surface area contributed by atoms with E-state index in [0.717, 1.165) is 31.4 Å². The third-order valence-corrected chi connectivity index (χ3v) is 6.66. The zero-order valence-corrected chi connectivity index (χ0v) is 20.9. The highest BCUT2D eigenvalue weighted by atomic mass is 15.0. The van der Waals surface area contributed by atoms with Gasteiger partial charge in [0.05, 0.1) is 0 Å². The Hall–Kier alpha value is -2.58. The number of hydrogen-bond donors (Lipinski definition) is 2. The van der Waals surface area contributed by atoms with Crippen molar-refractivity contribution in [2.45, 2.75) is 59.0 Å². The van der Waals surface area contributed by atoms with Crippen molar-refractivity contribution in [3.8, 4) is 0 Å². The van der Waals surface area contributed by atoms with Crippen molar-refractivity contribution in [2.75, 3.05) is 6.54 Å². The molecule has 0 heterocycles. The molecule has 1 aromatic rings. The van der Waals surface area contributed by atoms with Gasteiger partial charge in [-0.25, -0.2) is 0 Å². The fourth-order valence-corrected chi connectivity index (χ4v) is 4.81. The summed E-state index contributed by atoms with van der Waals surface area (Å²) in [4.78, 5) is 0. The molecule has 0 radical (unpaired) electrons. The van der Waals surface area contributed by atoms with Crippen LogP contribution in [0.3, 0.4) is 0 Å². The second kappa shape index (κ2) is 12.6. The highest BCUT2D eigenvalue weighted by molar-refractivity contribution is 5.64. The molecule has 2 aliphatic carbocycles. The Morgan fingerprint density at radius 1 is 1.03 bits per heavy atom. The first-order valence-electron chi connectivity index (χ1n) is 12.5. The van der Waals surface area contributed by atoms with Crippen molar-refractivity contribution in [3.05, 3.63) is 95.8 Å². The molecule has 176 valence electrons. The Kier molecular flexibility index (Phi) is 9.57. The molecule has 0 fully saturated rings. The van der Waals surface area contributed by atoms with Crippen LogP contribution in [0.5, 0.6) is 0 Å². The lowest BCUT2D eigenvalue weighted by atomic mass is 9.82. The predicted octanol–water partition coefficient (Wildman–Crippen LogP) is 7.31. The quantitative estimate of drug-likeness (QED) is 0.371. The van der Waals surface area contributed by atoms with E-state index in [-0.39, 0.29) is 0 Å². The predicted molar refractivity (Wildman–Crippen MR) is 146 cm³/mol. The van der Waals surface area contributed by atoms with Gasteiger partial charge in [0.1, 0.15) is 0 Å². The molecule has 0 aromatic heterocycles. The van der Waals surface area contributed by atoms with E-state index in [1.165, 1.54) is 16.7 Å². The van der Waals surface area contributed by atoms with Crippen LogP contribution in [-0.2, 0) is 0 Å². The molecule has 4 unspecified atom stereocenters. The Bertz CT molecular complexity index is 924. The van der Waals surface area contributed by atoms with E-state index in [0.29, 0.717) is 29.8 Å². The maximum atomic E-state index is 3.92. The summed E-state index contributed by atoms with van der Waals surface area (Å²) < 4.78 is 0. The lowest BCUT2D eigenvalue weighted by molar-refractivity contribution is 0.370. The highest BCUT2D eigenvalue weighted by Crippen LogP contribution is 2.29. The van der Waals surface area contributed by atoms with Crippen molar-refractivity contribution < 1.29 is 0 Å². The van der Waals surface area contributed by atoms with Gasteiger partial charge in [-0.05, 0) is 73.9 Å². The third kappa shape index (κ3) is 7.47. The first-order chi connectivity index (χ1) is 16.0. The van der Waals surface area contributed by atoms with Gasteiger partial charge in [0.25, 0.3) is 0 Å². The first kappa shape index (κ1) is 25.1. The molecule has 1 aromatic carbocycles. The second-order valence-electron chi connectivity index (χ2n) is 9.98. The van der Waals surface area contributed by atoms with Crippen LogP contribution in [0.15, 0.2) is 84.6 Å². The monoisotopic (exact) mass is 442 g/mol. The van der Waals surface area contributed by atoms with Crippen molar-refractivity contribution in [1.82, 2.24) is 10.6 Å². The smallest absolute Gasteiger partial charge is 0.0446 e. The summed E-state index contributed by atoms with van der Waals surface area (Å²) in [6.45, 7) is 14.0. The number of nitrogens with one attached hydrogen (secondary N) is 2. The Labute approximate surface area is 202 Å². The maximum absolute atomic E-state index is 3.92. The first-order valence-corrected chi connectivity index (χ1v) is 12.5. The van der Waals surface area contributed by atoms with Gasteiger partial charge in [-0.3, -0.25) is 0 Å². The SMILES string of the molecule is C=Cc1ccccc1/C=C\NC1CC=CCC1NCC1C=C(C(C=C(C)C)C(C)C)C=CC1. The van der Waals surface area contributed by atoms with E-state index in [1.807, 2.05) is 6.08 Å². The zero-order valence-electron chi connectivity index (χ0n) is 20.9. The molecule has 2 aliphatic rings. The van der Waals surface area contributed by atoms with Crippen LogP contribution < -0.4 is 10.6 Å². The summed E-state index contributed by atoms with van der Waals surface area (Å²) in [5.41, 5.74) is 5.23. The number of allylic oxidation sites excluding steroid dienone is 5. The standard InChI is InChI=1S/C31H42N2/c1-6-26-13-7-8-14-27(26)18-19-32-30-16-9-10-17-31(30)33-22-25-12-11-15-28(21-25)29(24(4)5)20-23(2)3/h6-11,13-15,18-21,24-25,29-33H,1,12,16-17,22H2,2-5H3/b19-18-. The molecule has 2 nitrogen and oxygen atoms in total. The lowest BCUT2D eigenvalue weighted by Gasteiger charge is -2.31. The molecule has 0 aliphatic heterocycles. The van der Waals surface area contributed by atoms with E-state index in [9.17, 15) is 0 Å². The van der Waals surface area contributed by atoms with Gasteiger partial charge in [-0.15, -0.1) is 0 Å².